The Morgan fingerprint density at radius 1 is 1.06 bits per heavy atom. The van der Waals surface area contributed by atoms with Crippen molar-refractivity contribution in [1.82, 2.24) is 4.90 Å². The van der Waals surface area contributed by atoms with Gasteiger partial charge in [0.2, 0.25) is 0 Å². The number of ether oxygens (including phenoxy) is 1. The van der Waals surface area contributed by atoms with Gasteiger partial charge in [0, 0.05) is 24.7 Å². The minimum Gasteiger partial charge on any atom is -0.489 e. The zero-order valence-corrected chi connectivity index (χ0v) is 18.2. The van der Waals surface area contributed by atoms with Crippen molar-refractivity contribution < 1.29 is 31.4 Å². The normalized spacial score (nSPS) is 11.0. The van der Waals surface area contributed by atoms with E-state index in [0.29, 0.717) is 0 Å². The SMILES string of the molecule is CN(CCOc1ccccc1F)C(=O)c1ccc(OS(=O)(=O)c2cccc([N+](=O)[O-])c2)cc1. The van der Waals surface area contributed by atoms with Crippen LogP contribution in [0, 0.1) is 15.9 Å². The van der Waals surface area contributed by atoms with Crippen molar-refractivity contribution >= 4 is 21.7 Å². The average Bonchev–Trinajstić information content (AvgIpc) is 2.80. The standard InChI is InChI=1S/C22H19FN2O7S/c1-24(13-14-31-21-8-3-2-7-20(21)23)22(26)16-9-11-18(12-10-16)32-33(29,30)19-6-4-5-17(15-19)25(27)28/h2-12,15H,13-14H2,1H3. The molecule has 1 amide bonds. The number of nitro benzene ring substituents is 1. The third-order valence-electron chi connectivity index (χ3n) is 4.49. The van der Waals surface area contributed by atoms with Gasteiger partial charge in [0.25, 0.3) is 11.6 Å². The minimum absolute atomic E-state index is 0.0661. The van der Waals surface area contributed by atoms with Crippen molar-refractivity contribution in [2.24, 2.45) is 0 Å². The molecule has 11 heteroatoms. The molecule has 0 fully saturated rings. The minimum atomic E-state index is -4.31. The molecule has 0 aliphatic rings. The quantitative estimate of drug-likeness (QED) is 0.264. The van der Waals surface area contributed by atoms with E-state index in [0.717, 1.165) is 12.1 Å². The Labute approximate surface area is 189 Å². The number of non-ortho nitro benzene ring substituents is 1. The number of hydrogen-bond acceptors (Lipinski definition) is 7. The fraction of sp³-hybridized carbons (Fsp3) is 0.136. The lowest BCUT2D eigenvalue weighted by Gasteiger charge is -2.18. The van der Waals surface area contributed by atoms with Crippen molar-refractivity contribution in [3.8, 4) is 11.5 Å². The fourth-order valence-electron chi connectivity index (χ4n) is 2.76. The number of carbonyl (C=O) groups is 1. The van der Waals surface area contributed by atoms with Gasteiger partial charge in [0.1, 0.15) is 17.3 Å². The van der Waals surface area contributed by atoms with Crippen LogP contribution in [0.15, 0.2) is 77.7 Å². The van der Waals surface area contributed by atoms with Crippen molar-refractivity contribution in [3.05, 3.63) is 94.3 Å². The van der Waals surface area contributed by atoms with Crippen LogP contribution in [0.25, 0.3) is 0 Å². The lowest BCUT2D eigenvalue weighted by Crippen LogP contribution is -2.30. The van der Waals surface area contributed by atoms with Gasteiger partial charge in [-0.05, 0) is 42.5 Å². The summed E-state index contributed by atoms with van der Waals surface area (Å²) in [6.45, 7) is 0.262. The van der Waals surface area contributed by atoms with Crippen molar-refractivity contribution in [3.63, 3.8) is 0 Å². The van der Waals surface area contributed by atoms with Gasteiger partial charge in [-0.3, -0.25) is 14.9 Å². The lowest BCUT2D eigenvalue weighted by molar-refractivity contribution is -0.385. The van der Waals surface area contributed by atoms with Gasteiger partial charge in [-0.1, -0.05) is 18.2 Å². The summed E-state index contributed by atoms with van der Waals surface area (Å²) in [4.78, 5) is 23.7. The number of nitro groups is 1. The highest BCUT2D eigenvalue weighted by Crippen LogP contribution is 2.23. The maximum Gasteiger partial charge on any atom is 0.339 e. The predicted molar refractivity (Wildman–Crippen MR) is 116 cm³/mol. The van der Waals surface area contributed by atoms with E-state index >= 15 is 0 Å². The molecule has 0 aliphatic carbocycles. The zero-order valence-electron chi connectivity index (χ0n) is 17.4. The van der Waals surface area contributed by atoms with Crippen molar-refractivity contribution in [2.75, 3.05) is 20.2 Å². The van der Waals surface area contributed by atoms with E-state index in [4.69, 9.17) is 8.92 Å². The molecule has 3 aromatic carbocycles. The lowest BCUT2D eigenvalue weighted by atomic mass is 10.2. The van der Waals surface area contributed by atoms with Gasteiger partial charge in [0.05, 0.1) is 11.5 Å². The van der Waals surface area contributed by atoms with Gasteiger partial charge >= 0.3 is 10.1 Å². The van der Waals surface area contributed by atoms with Crippen LogP contribution in [0.1, 0.15) is 10.4 Å². The van der Waals surface area contributed by atoms with Crippen molar-refractivity contribution in [2.45, 2.75) is 4.90 Å². The molecule has 0 heterocycles. The first-order valence-corrected chi connectivity index (χ1v) is 11.0. The number of rotatable bonds is 9. The van der Waals surface area contributed by atoms with Crippen LogP contribution in [-0.2, 0) is 10.1 Å². The first kappa shape index (κ1) is 23.7. The van der Waals surface area contributed by atoms with Crippen LogP contribution < -0.4 is 8.92 Å². The smallest absolute Gasteiger partial charge is 0.339 e. The van der Waals surface area contributed by atoms with E-state index in [-0.39, 0.29) is 46.7 Å². The Bertz CT molecular complexity index is 1260. The van der Waals surface area contributed by atoms with Crippen LogP contribution in [0.4, 0.5) is 10.1 Å². The molecule has 0 bridgehead atoms. The molecule has 172 valence electrons. The van der Waals surface area contributed by atoms with Crippen LogP contribution in [-0.4, -0.2) is 44.3 Å². The second-order valence-electron chi connectivity index (χ2n) is 6.82. The Kier molecular flexibility index (Phi) is 7.23. The molecule has 33 heavy (non-hydrogen) atoms. The summed E-state index contributed by atoms with van der Waals surface area (Å²) in [6, 6.07) is 15.8. The second kappa shape index (κ2) is 10.1. The monoisotopic (exact) mass is 474 g/mol. The molecule has 0 radical (unpaired) electrons. The van der Waals surface area contributed by atoms with Crippen LogP contribution >= 0.6 is 0 Å². The topological polar surface area (TPSA) is 116 Å². The summed E-state index contributed by atoms with van der Waals surface area (Å²) < 4.78 is 48.7. The molecule has 0 saturated carbocycles. The average molecular weight is 474 g/mol. The van der Waals surface area contributed by atoms with Gasteiger partial charge < -0.3 is 13.8 Å². The number of para-hydroxylation sites is 1. The van der Waals surface area contributed by atoms with E-state index < -0.39 is 20.9 Å². The third kappa shape index (κ3) is 6.04. The number of halogens is 1. The fourth-order valence-corrected chi connectivity index (χ4v) is 3.73. The number of likely N-dealkylation sites (N-methyl/N-ethyl adjacent to an activating group) is 1. The summed E-state index contributed by atoms with van der Waals surface area (Å²) in [5.41, 5.74) is -0.119. The van der Waals surface area contributed by atoms with Crippen LogP contribution in [0.5, 0.6) is 11.5 Å². The summed E-state index contributed by atoms with van der Waals surface area (Å²) in [6.07, 6.45) is 0. The predicted octanol–water partition coefficient (Wildman–Crippen LogP) is 3.65. The molecule has 0 N–H and O–H groups in total. The second-order valence-corrected chi connectivity index (χ2v) is 8.37. The van der Waals surface area contributed by atoms with Gasteiger partial charge in [0.15, 0.2) is 11.6 Å². The molecule has 0 saturated heterocycles. The molecule has 3 rings (SSSR count). The summed E-state index contributed by atoms with van der Waals surface area (Å²) in [7, 11) is -2.76. The molecule has 0 aliphatic heterocycles. The number of amides is 1. The Balaban J connectivity index is 1.60. The van der Waals surface area contributed by atoms with E-state index in [2.05, 4.69) is 0 Å². The molecular weight excluding hydrogens is 455 g/mol. The molecule has 0 aromatic heterocycles. The summed E-state index contributed by atoms with van der Waals surface area (Å²) in [5, 5.41) is 10.9. The first-order valence-electron chi connectivity index (χ1n) is 9.59. The highest BCUT2D eigenvalue weighted by molar-refractivity contribution is 7.87. The summed E-state index contributed by atoms with van der Waals surface area (Å²) >= 11 is 0. The van der Waals surface area contributed by atoms with Crippen LogP contribution in [0.2, 0.25) is 0 Å². The Hall–Kier alpha value is -3.99. The molecule has 0 atom stereocenters. The number of benzene rings is 3. The molecule has 0 spiro atoms. The Morgan fingerprint density at radius 3 is 2.42 bits per heavy atom. The van der Waals surface area contributed by atoms with Crippen LogP contribution in [0.3, 0.4) is 0 Å². The number of carbonyl (C=O) groups excluding carboxylic acids is 1. The molecular formula is C22H19FN2O7S. The molecule has 9 nitrogen and oxygen atoms in total. The van der Waals surface area contributed by atoms with E-state index in [1.807, 2.05) is 0 Å². The van der Waals surface area contributed by atoms with Gasteiger partial charge in [-0.25, -0.2) is 4.39 Å². The maximum absolute atomic E-state index is 13.6. The highest BCUT2D eigenvalue weighted by atomic mass is 32.2. The first-order chi connectivity index (χ1) is 15.7. The van der Waals surface area contributed by atoms with Gasteiger partial charge in [-0.2, -0.15) is 8.42 Å². The largest absolute Gasteiger partial charge is 0.489 e. The third-order valence-corrected chi connectivity index (χ3v) is 5.74. The van der Waals surface area contributed by atoms with E-state index in [1.54, 1.807) is 19.2 Å². The van der Waals surface area contributed by atoms with E-state index in [1.165, 1.54) is 53.4 Å². The summed E-state index contributed by atoms with van der Waals surface area (Å²) in [5.74, 6) is -0.837. The number of nitrogens with zero attached hydrogens (tertiary/aromatic N) is 2. The molecule has 3 aromatic rings. The Morgan fingerprint density at radius 2 is 1.76 bits per heavy atom. The maximum atomic E-state index is 13.6. The van der Waals surface area contributed by atoms with Crippen molar-refractivity contribution in [1.29, 1.82) is 0 Å². The highest BCUT2D eigenvalue weighted by Gasteiger charge is 2.20. The number of hydrogen-bond donors (Lipinski definition) is 0. The molecule has 0 unspecified atom stereocenters. The van der Waals surface area contributed by atoms with Gasteiger partial charge in [-0.15, -0.1) is 0 Å². The zero-order chi connectivity index (χ0) is 24.0. The van der Waals surface area contributed by atoms with E-state index in [9.17, 15) is 27.7 Å².